The molecule has 2 aliphatic heterocycles. The minimum atomic E-state index is 0.134. The number of rotatable bonds is 3. The Morgan fingerprint density at radius 1 is 1.23 bits per heavy atom. The van der Waals surface area contributed by atoms with Gasteiger partial charge in [-0.2, -0.15) is 0 Å². The number of hydrogen-bond acceptors (Lipinski definition) is 3. The molecule has 2 saturated heterocycles. The Morgan fingerprint density at radius 2 is 2.05 bits per heavy atom. The molecular weight excluding hydrogens is 274 g/mol. The van der Waals surface area contributed by atoms with E-state index in [4.69, 9.17) is 0 Å². The fourth-order valence-electron chi connectivity index (χ4n) is 3.97. The molecule has 22 heavy (non-hydrogen) atoms. The van der Waals surface area contributed by atoms with Crippen LogP contribution in [0.5, 0.6) is 0 Å². The van der Waals surface area contributed by atoms with Gasteiger partial charge >= 0.3 is 0 Å². The summed E-state index contributed by atoms with van der Waals surface area (Å²) in [5, 5.41) is 7.72. The minimum absolute atomic E-state index is 0.134. The van der Waals surface area contributed by atoms with Crippen LogP contribution in [0.1, 0.15) is 32.1 Å². The molecule has 0 spiro atoms. The Morgan fingerprint density at radius 3 is 2.86 bits per heavy atom. The number of pyridine rings is 1. The molecule has 1 aromatic heterocycles. The van der Waals surface area contributed by atoms with Crippen LogP contribution >= 0.6 is 0 Å². The van der Waals surface area contributed by atoms with Gasteiger partial charge in [0.15, 0.2) is 0 Å². The number of benzene rings is 1. The van der Waals surface area contributed by atoms with Crippen molar-refractivity contribution in [3.05, 3.63) is 36.5 Å². The first-order valence-electron chi connectivity index (χ1n) is 8.17. The Kier molecular flexibility index (Phi) is 3.54. The van der Waals surface area contributed by atoms with Crippen LogP contribution in [0.4, 0.5) is 5.69 Å². The molecule has 4 heteroatoms. The molecule has 2 fully saturated rings. The minimum Gasteiger partial charge on any atom is -0.326 e. The molecule has 1 aromatic carbocycles. The van der Waals surface area contributed by atoms with Gasteiger partial charge in [0, 0.05) is 35.8 Å². The lowest BCUT2D eigenvalue weighted by atomic mass is 9.89. The number of nitrogens with zero attached hydrogens (tertiary/aromatic N) is 1. The van der Waals surface area contributed by atoms with Crippen LogP contribution in [0.3, 0.4) is 0 Å². The number of fused-ring (bicyclic) bond motifs is 3. The van der Waals surface area contributed by atoms with Crippen molar-refractivity contribution in [1.82, 2.24) is 10.3 Å². The lowest BCUT2D eigenvalue weighted by Gasteiger charge is -2.28. The predicted octanol–water partition coefficient (Wildman–Crippen LogP) is 3.09. The zero-order chi connectivity index (χ0) is 14.9. The Balaban J connectivity index is 1.40. The summed E-state index contributed by atoms with van der Waals surface area (Å²) in [7, 11) is 0. The molecule has 4 nitrogen and oxygen atoms in total. The maximum atomic E-state index is 12.3. The molecule has 2 aliphatic rings. The number of amides is 1. The topological polar surface area (TPSA) is 54.0 Å². The number of aromatic nitrogens is 1. The molecule has 1 amide bonds. The molecule has 2 N–H and O–H groups in total. The van der Waals surface area contributed by atoms with Crippen LogP contribution in [0, 0.1) is 5.92 Å². The zero-order valence-electron chi connectivity index (χ0n) is 12.6. The number of carbonyl (C=O) groups excluding carboxylic acids is 1. The second-order valence-electron chi connectivity index (χ2n) is 6.64. The van der Waals surface area contributed by atoms with Gasteiger partial charge in [-0.15, -0.1) is 0 Å². The first-order chi connectivity index (χ1) is 10.8. The highest BCUT2D eigenvalue weighted by Crippen LogP contribution is 2.32. The second-order valence-corrected chi connectivity index (χ2v) is 6.64. The normalized spacial score (nSPS) is 27.0. The van der Waals surface area contributed by atoms with Crippen molar-refractivity contribution in [2.24, 2.45) is 5.92 Å². The van der Waals surface area contributed by atoms with Gasteiger partial charge in [-0.3, -0.25) is 9.78 Å². The summed E-state index contributed by atoms with van der Waals surface area (Å²) in [4.78, 5) is 16.6. The van der Waals surface area contributed by atoms with E-state index in [2.05, 4.69) is 15.6 Å². The van der Waals surface area contributed by atoms with Crippen molar-refractivity contribution < 1.29 is 4.79 Å². The second kappa shape index (κ2) is 5.69. The van der Waals surface area contributed by atoms with Crippen LogP contribution in [-0.4, -0.2) is 23.0 Å². The largest absolute Gasteiger partial charge is 0.326 e. The van der Waals surface area contributed by atoms with Gasteiger partial charge < -0.3 is 10.6 Å². The lowest BCUT2D eigenvalue weighted by molar-refractivity contribution is -0.117. The Bertz CT molecular complexity index is 688. The van der Waals surface area contributed by atoms with Crippen LogP contribution in [0.25, 0.3) is 10.9 Å². The van der Waals surface area contributed by atoms with E-state index in [1.807, 2.05) is 30.3 Å². The molecule has 2 aromatic rings. The fraction of sp³-hybridized carbons (Fsp3) is 0.444. The van der Waals surface area contributed by atoms with Crippen molar-refractivity contribution in [3.63, 3.8) is 0 Å². The highest BCUT2D eigenvalue weighted by Gasteiger charge is 2.34. The monoisotopic (exact) mass is 295 g/mol. The number of hydrogen-bond donors (Lipinski definition) is 2. The van der Waals surface area contributed by atoms with Crippen molar-refractivity contribution in [2.45, 2.75) is 44.2 Å². The maximum absolute atomic E-state index is 12.3. The van der Waals surface area contributed by atoms with Gasteiger partial charge in [-0.1, -0.05) is 6.07 Å². The van der Waals surface area contributed by atoms with Crippen molar-refractivity contribution >= 4 is 22.5 Å². The van der Waals surface area contributed by atoms with E-state index in [9.17, 15) is 4.79 Å². The molecule has 2 atom stereocenters. The molecule has 2 unspecified atom stereocenters. The molecule has 2 bridgehead atoms. The van der Waals surface area contributed by atoms with Gasteiger partial charge in [0.1, 0.15) is 0 Å². The van der Waals surface area contributed by atoms with Gasteiger partial charge in [0.2, 0.25) is 5.91 Å². The van der Waals surface area contributed by atoms with Gasteiger partial charge in [-0.05, 0) is 55.9 Å². The van der Waals surface area contributed by atoms with Crippen LogP contribution < -0.4 is 10.6 Å². The Hall–Kier alpha value is -1.94. The highest BCUT2D eigenvalue weighted by atomic mass is 16.1. The summed E-state index contributed by atoms with van der Waals surface area (Å²) in [6.07, 6.45) is 7.27. The van der Waals surface area contributed by atoms with E-state index in [0.717, 1.165) is 29.4 Å². The third kappa shape index (κ3) is 2.83. The van der Waals surface area contributed by atoms with Gasteiger partial charge in [0.05, 0.1) is 5.52 Å². The fourth-order valence-corrected chi connectivity index (χ4v) is 3.97. The first kappa shape index (κ1) is 13.7. The average molecular weight is 295 g/mol. The first-order valence-corrected chi connectivity index (χ1v) is 8.17. The lowest BCUT2D eigenvalue weighted by Crippen LogP contribution is -2.39. The number of nitrogens with one attached hydrogen (secondary N) is 2. The maximum Gasteiger partial charge on any atom is 0.224 e. The van der Waals surface area contributed by atoms with Crippen molar-refractivity contribution in [1.29, 1.82) is 0 Å². The molecule has 0 aliphatic carbocycles. The number of anilines is 1. The van der Waals surface area contributed by atoms with E-state index in [1.165, 1.54) is 12.8 Å². The third-order valence-electron chi connectivity index (χ3n) is 4.93. The summed E-state index contributed by atoms with van der Waals surface area (Å²) < 4.78 is 0. The van der Waals surface area contributed by atoms with Crippen molar-refractivity contribution in [2.75, 3.05) is 5.32 Å². The standard InChI is InChI=1S/C18H21N3O/c22-18(10-12-8-14-3-4-15(9-12)20-14)21-16-5-6-17-13(11-16)2-1-7-19-17/h1-2,5-7,11-12,14-15,20H,3-4,8-10H2,(H,21,22). The van der Waals surface area contributed by atoms with Crippen molar-refractivity contribution in [3.8, 4) is 0 Å². The summed E-state index contributed by atoms with van der Waals surface area (Å²) in [5.74, 6) is 0.662. The number of carbonyl (C=O) groups is 1. The van der Waals surface area contributed by atoms with Crippen LogP contribution in [0.15, 0.2) is 36.5 Å². The average Bonchev–Trinajstić information content (AvgIpc) is 2.86. The molecule has 0 saturated carbocycles. The van der Waals surface area contributed by atoms with Gasteiger partial charge in [0.25, 0.3) is 0 Å². The summed E-state index contributed by atoms with van der Waals surface area (Å²) in [5.41, 5.74) is 1.82. The van der Waals surface area contributed by atoms with E-state index in [0.29, 0.717) is 24.4 Å². The number of piperidine rings is 1. The zero-order valence-corrected chi connectivity index (χ0v) is 12.6. The Labute approximate surface area is 130 Å². The van der Waals surface area contributed by atoms with Gasteiger partial charge in [-0.25, -0.2) is 0 Å². The third-order valence-corrected chi connectivity index (χ3v) is 4.93. The molecule has 0 radical (unpaired) electrons. The van der Waals surface area contributed by atoms with E-state index in [1.54, 1.807) is 6.20 Å². The van der Waals surface area contributed by atoms with E-state index < -0.39 is 0 Å². The van der Waals surface area contributed by atoms with Crippen LogP contribution in [-0.2, 0) is 4.79 Å². The molecule has 3 heterocycles. The smallest absolute Gasteiger partial charge is 0.224 e. The summed E-state index contributed by atoms with van der Waals surface area (Å²) in [6, 6.07) is 11.1. The molecular formula is C18H21N3O. The quantitative estimate of drug-likeness (QED) is 0.915. The molecule has 114 valence electrons. The van der Waals surface area contributed by atoms with E-state index in [-0.39, 0.29) is 5.91 Å². The summed E-state index contributed by atoms with van der Waals surface area (Å²) in [6.45, 7) is 0. The van der Waals surface area contributed by atoms with Crippen LogP contribution in [0.2, 0.25) is 0 Å². The van der Waals surface area contributed by atoms with E-state index >= 15 is 0 Å². The predicted molar refractivity (Wildman–Crippen MR) is 87.7 cm³/mol. The summed E-state index contributed by atoms with van der Waals surface area (Å²) >= 11 is 0. The SMILES string of the molecule is O=C(CC1CC2CCC(C1)N2)Nc1ccc2ncccc2c1. The highest BCUT2D eigenvalue weighted by molar-refractivity contribution is 5.93. The molecule has 4 rings (SSSR count).